The van der Waals surface area contributed by atoms with Crippen LogP contribution in [0.5, 0.6) is 0 Å². The van der Waals surface area contributed by atoms with Crippen molar-refractivity contribution in [3.8, 4) is 0 Å². The molecule has 2 aromatic rings. The number of carboxylic acid groups (broad SMARTS) is 1. The van der Waals surface area contributed by atoms with Crippen LogP contribution in [0.3, 0.4) is 0 Å². The molecule has 0 fully saturated rings. The average Bonchev–Trinajstić information content (AvgIpc) is 2.82. The highest BCUT2D eigenvalue weighted by Crippen LogP contribution is 2.42. The molecule has 0 aliphatic carbocycles. The zero-order valence-corrected chi connectivity index (χ0v) is 18.5. The van der Waals surface area contributed by atoms with E-state index in [0.717, 1.165) is 32.2 Å². The van der Waals surface area contributed by atoms with Crippen LogP contribution < -0.4 is 9.62 Å². The van der Waals surface area contributed by atoms with E-state index in [1.807, 2.05) is 0 Å². The molecule has 0 bridgehead atoms. The van der Waals surface area contributed by atoms with Gasteiger partial charge in [-0.3, -0.25) is 9.08 Å². The van der Waals surface area contributed by atoms with Crippen LogP contribution in [-0.2, 0) is 9.08 Å². The molecule has 0 saturated heterocycles. The Balaban J connectivity index is 0.000000941. The van der Waals surface area contributed by atoms with Crippen LogP contribution in [0, 0.1) is 0 Å². The molecule has 3 rings (SSSR count). The number of carboxylic acids is 1. The second-order valence-corrected chi connectivity index (χ2v) is 8.26. The van der Waals surface area contributed by atoms with Crippen molar-refractivity contribution in [2.24, 2.45) is 0 Å². The standard InChI is InChI=1S/C21H26N2O2S.CH3ClO/c1-23-18-12-7-5-10-16(18)21(17-11-6-8-13-19(17)26-23)22-15-9-3-2-4-14-20(24)25;1-3-2/h5-8,10-13,21-22H,2-4,9,14-15H2,1H3,(H,24,25);1H3. The predicted molar refractivity (Wildman–Crippen MR) is 121 cm³/mol. The Bertz CT molecular complexity index is 775. The van der Waals surface area contributed by atoms with Crippen molar-refractivity contribution in [2.75, 3.05) is 25.0 Å². The first-order valence-electron chi connectivity index (χ1n) is 9.78. The number of benzene rings is 2. The number of hydrogen-bond acceptors (Lipinski definition) is 5. The minimum absolute atomic E-state index is 0.180. The number of unbranched alkanes of at least 4 members (excludes halogenated alkanes) is 3. The molecule has 1 atom stereocenters. The van der Waals surface area contributed by atoms with Gasteiger partial charge in [-0.25, -0.2) is 0 Å². The number of para-hydroxylation sites is 1. The van der Waals surface area contributed by atoms with Crippen molar-refractivity contribution in [3.63, 3.8) is 0 Å². The minimum atomic E-state index is -0.698. The molecular weight excluding hydrogens is 408 g/mol. The molecule has 29 heavy (non-hydrogen) atoms. The SMILES string of the molecule is CN1Sc2ccccc2C(NCCCCCCC(=O)O)c2ccccc21.COCl. The molecule has 2 N–H and O–H groups in total. The molecule has 0 radical (unpaired) electrons. The molecular formula is C22H29ClN2O3S. The third kappa shape index (κ3) is 7.23. The lowest BCUT2D eigenvalue weighted by atomic mass is 9.96. The lowest BCUT2D eigenvalue weighted by Gasteiger charge is -2.22. The molecule has 5 nitrogen and oxygen atoms in total. The number of nitrogens with one attached hydrogen (secondary N) is 1. The highest BCUT2D eigenvalue weighted by molar-refractivity contribution is 8.00. The van der Waals surface area contributed by atoms with Crippen LogP contribution in [0.1, 0.15) is 49.3 Å². The van der Waals surface area contributed by atoms with E-state index < -0.39 is 5.97 Å². The van der Waals surface area contributed by atoms with Crippen molar-refractivity contribution < 1.29 is 14.2 Å². The van der Waals surface area contributed by atoms with Crippen LogP contribution in [0.2, 0.25) is 0 Å². The molecule has 1 aliphatic heterocycles. The number of hydrogen-bond donors (Lipinski definition) is 2. The molecule has 1 aliphatic rings. The molecule has 0 saturated carbocycles. The zero-order valence-electron chi connectivity index (χ0n) is 16.9. The Morgan fingerprint density at radius 3 is 2.45 bits per heavy atom. The number of carbonyl (C=O) groups is 1. The summed E-state index contributed by atoms with van der Waals surface area (Å²) in [5.41, 5.74) is 3.87. The van der Waals surface area contributed by atoms with Gasteiger partial charge in [0, 0.05) is 18.4 Å². The normalized spacial score (nSPS) is 14.9. The smallest absolute Gasteiger partial charge is 0.303 e. The summed E-state index contributed by atoms with van der Waals surface area (Å²) in [6, 6.07) is 17.3. The van der Waals surface area contributed by atoms with Gasteiger partial charge in [-0.15, -0.1) is 0 Å². The monoisotopic (exact) mass is 436 g/mol. The van der Waals surface area contributed by atoms with Gasteiger partial charge in [0.15, 0.2) is 0 Å². The second kappa shape index (κ2) is 12.8. The van der Waals surface area contributed by atoms with Crippen molar-refractivity contribution in [2.45, 2.75) is 43.0 Å². The van der Waals surface area contributed by atoms with Gasteiger partial charge in [-0.05, 0) is 54.6 Å². The number of rotatable bonds is 8. The molecule has 0 spiro atoms. The van der Waals surface area contributed by atoms with Gasteiger partial charge in [0.05, 0.1) is 30.7 Å². The minimum Gasteiger partial charge on any atom is -0.481 e. The van der Waals surface area contributed by atoms with E-state index in [1.165, 1.54) is 28.8 Å². The van der Waals surface area contributed by atoms with Gasteiger partial charge < -0.3 is 14.7 Å². The maximum Gasteiger partial charge on any atom is 0.303 e. The summed E-state index contributed by atoms with van der Waals surface area (Å²) in [6.07, 6.45) is 4.14. The van der Waals surface area contributed by atoms with E-state index >= 15 is 0 Å². The number of halogens is 1. The average molecular weight is 437 g/mol. The fourth-order valence-corrected chi connectivity index (χ4v) is 4.40. The van der Waals surface area contributed by atoms with Gasteiger partial charge in [-0.2, -0.15) is 0 Å². The van der Waals surface area contributed by atoms with Crippen molar-refractivity contribution in [1.82, 2.24) is 5.32 Å². The predicted octanol–water partition coefficient (Wildman–Crippen LogP) is 5.64. The van der Waals surface area contributed by atoms with Crippen LogP contribution in [0.4, 0.5) is 5.69 Å². The van der Waals surface area contributed by atoms with Crippen LogP contribution in [0.15, 0.2) is 53.4 Å². The molecule has 1 unspecified atom stereocenters. The lowest BCUT2D eigenvalue weighted by Crippen LogP contribution is -2.24. The summed E-state index contributed by atoms with van der Waals surface area (Å²) in [5.74, 6) is -0.698. The van der Waals surface area contributed by atoms with E-state index in [-0.39, 0.29) is 12.5 Å². The summed E-state index contributed by atoms with van der Waals surface area (Å²) in [6.45, 7) is 0.925. The number of aliphatic carboxylic acids is 1. The molecule has 0 aromatic heterocycles. The van der Waals surface area contributed by atoms with Gasteiger partial charge >= 0.3 is 5.97 Å². The third-order valence-corrected chi connectivity index (χ3v) is 5.76. The summed E-state index contributed by atoms with van der Waals surface area (Å²) < 4.78 is 5.96. The maximum atomic E-state index is 10.6. The topological polar surface area (TPSA) is 61.8 Å². The maximum absolute atomic E-state index is 10.6. The second-order valence-electron chi connectivity index (χ2n) is 6.78. The van der Waals surface area contributed by atoms with Crippen LogP contribution in [0.25, 0.3) is 0 Å². The van der Waals surface area contributed by atoms with E-state index in [1.54, 1.807) is 11.9 Å². The van der Waals surface area contributed by atoms with E-state index in [2.05, 4.69) is 81.4 Å². The Morgan fingerprint density at radius 2 is 1.72 bits per heavy atom. The summed E-state index contributed by atoms with van der Waals surface area (Å²) in [4.78, 5) is 11.9. The molecule has 158 valence electrons. The largest absolute Gasteiger partial charge is 0.481 e. The molecule has 1 heterocycles. The lowest BCUT2D eigenvalue weighted by molar-refractivity contribution is -0.137. The van der Waals surface area contributed by atoms with Gasteiger partial charge in [0.25, 0.3) is 0 Å². The van der Waals surface area contributed by atoms with Gasteiger partial charge in [0.1, 0.15) is 0 Å². The fourth-order valence-electron chi connectivity index (χ4n) is 3.41. The summed E-state index contributed by atoms with van der Waals surface area (Å²) >= 11 is 6.27. The van der Waals surface area contributed by atoms with Crippen molar-refractivity contribution in [3.05, 3.63) is 59.7 Å². The van der Waals surface area contributed by atoms with Crippen LogP contribution in [-0.4, -0.2) is 31.8 Å². The highest BCUT2D eigenvalue weighted by atomic mass is 35.5. The molecule has 2 aromatic carbocycles. The van der Waals surface area contributed by atoms with Crippen LogP contribution >= 0.6 is 23.8 Å². The number of fused-ring (bicyclic) bond motifs is 2. The van der Waals surface area contributed by atoms with Gasteiger partial charge in [0.2, 0.25) is 0 Å². The Labute approximate surface area is 182 Å². The first-order valence-corrected chi connectivity index (χ1v) is 10.9. The third-order valence-electron chi connectivity index (χ3n) is 4.72. The quantitative estimate of drug-likeness (QED) is 0.412. The Hall–Kier alpha value is -1.73. The summed E-state index contributed by atoms with van der Waals surface area (Å²) in [5, 5.41) is 12.4. The molecule has 0 amide bonds. The zero-order chi connectivity index (χ0) is 21.1. The highest BCUT2D eigenvalue weighted by Gasteiger charge is 2.25. The van der Waals surface area contributed by atoms with E-state index in [4.69, 9.17) is 5.11 Å². The number of anilines is 1. The molecule has 7 heteroatoms. The first-order chi connectivity index (χ1) is 14.1. The van der Waals surface area contributed by atoms with E-state index in [0.29, 0.717) is 0 Å². The first kappa shape index (κ1) is 23.5. The van der Waals surface area contributed by atoms with Crippen molar-refractivity contribution in [1.29, 1.82) is 0 Å². The fraction of sp³-hybridized carbons (Fsp3) is 0.409. The van der Waals surface area contributed by atoms with Crippen molar-refractivity contribution >= 4 is 35.5 Å². The van der Waals surface area contributed by atoms with Gasteiger partial charge in [-0.1, -0.05) is 49.2 Å². The van der Waals surface area contributed by atoms with E-state index in [9.17, 15) is 4.79 Å². The number of nitrogens with zero attached hydrogens (tertiary/aromatic N) is 1. The summed E-state index contributed by atoms with van der Waals surface area (Å²) in [7, 11) is 3.51. The Morgan fingerprint density at radius 1 is 1.10 bits per heavy atom. The Kier molecular flexibility index (Phi) is 10.4.